The van der Waals surface area contributed by atoms with Crippen LogP contribution in [0.5, 0.6) is 0 Å². The zero-order chi connectivity index (χ0) is 15.9. The Labute approximate surface area is 126 Å². The molecule has 0 unspecified atom stereocenters. The van der Waals surface area contributed by atoms with E-state index in [1.807, 2.05) is 6.92 Å². The van der Waals surface area contributed by atoms with Crippen LogP contribution in [-0.2, 0) is 6.54 Å². The highest BCUT2D eigenvalue weighted by atomic mass is 16.2. The van der Waals surface area contributed by atoms with Gasteiger partial charge in [0.2, 0.25) is 0 Å². The van der Waals surface area contributed by atoms with Crippen LogP contribution < -0.4 is 16.4 Å². The van der Waals surface area contributed by atoms with Crippen molar-refractivity contribution in [2.45, 2.75) is 19.9 Å². The first-order chi connectivity index (χ1) is 10.6. The molecule has 2 amide bonds. The van der Waals surface area contributed by atoms with Gasteiger partial charge in [-0.05, 0) is 24.6 Å². The molecule has 22 heavy (non-hydrogen) atoms. The molecule has 7 heteroatoms. The molecule has 7 nitrogen and oxygen atoms in total. The molecule has 0 saturated carbocycles. The number of nitrogens with one attached hydrogen (secondary N) is 2. The summed E-state index contributed by atoms with van der Waals surface area (Å²) in [4.78, 5) is 35.3. The summed E-state index contributed by atoms with van der Waals surface area (Å²) < 4.78 is 1.22. The Morgan fingerprint density at radius 1 is 1.05 bits per heavy atom. The molecule has 0 aliphatic rings. The summed E-state index contributed by atoms with van der Waals surface area (Å²) in [6.45, 7) is 2.33. The number of benzene rings is 1. The summed E-state index contributed by atoms with van der Waals surface area (Å²) in [7, 11) is 0. The van der Waals surface area contributed by atoms with E-state index in [1.165, 1.54) is 16.8 Å². The largest absolute Gasteiger partial charge is 0.290 e. The molecular weight excluding hydrogens is 284 g/mol. The number of carbonyl (C=O) groups is 2. The third-order valence-electron chi connectivity index (χ3n) is 2.86. The number of amides is 2. The van der Waals surface area contributed by atoms with Gasteiger partial charge in [-0.25, -0.2) is 4.68 Å². The summed E-state index contributed by atoms with van der Waals surface area (Å²) in [5.74, 6) is -1.02. The van der Waals surface area contributed by atoms with Crippen molar-refractivity contribution in [3.63, 3.8) is 0 Å². The van der Waals surface area contributed by atoms with Crippen LogP contribution >= 0.6 is 0 Å². The van der Waals surface area contributed by atoms with Crippen molar-refractivity contribution in [1.29, 1.82) is 0 Å². The standard InChI is InChI=1S/C15H16N4O3/c1-2-10-19-13(20)9-8-12(18-19)15(22)17-16-14(21)11-6-4-3-5-7-11/h3-9H,2,10H2,1H3,(H,16,21)(H,17,22). The number of carbonyl (C=O) groups excluding carboxylic acids is 2. The Bertz CT molecular complexity index is 725. The van der Waals surface area contributed by atoms with Crippen LogP contribution in [-0.4, -0.2) is 21.6 Å². The zero-order valence-electron chi connectivity index (χ0n) is 12.1. The summed E-state index contributed by atoms with van der Waals surface area (Å²) >= 11 is 0. The fraction of sp³-hybridized carbons (Fsp3) is 0.200. The van der Waals surface area contributed by atoms with Crippen molar-refractivity contribution >= 4 is 11.8 Å². The van der Waals surface area contributed by atoms with Crippen molar-refractivity contribution in [3.8, 4) is 0 Å². The summed E-state index contributed by atoms with van der Waals surface area (Å²) in [5.41, 5.74) is 4.78. The Kier molecular flexibility index (Phi) is 5.02. The van der Waals surface area contributed by atoms with Crippen LogP contribution in [0.4, 0.5) is 0 Å². The highest BCUT2D eigenvalue weighted by molar-refractivity contribution is 5.98. The van der Waals surface area contributed by atoms with E-state index in [9.17, 15) is 14.4 Å². The molecule has 1 aromatic heterocycles. The van der Waals surface area contributed by atoms with Crippen molar-refractivity contribution < 1.29 is 9.59 Å². The lowest BCUT2D eigenvalue weighted by Gasteiger charge is -2.08. The minimum Gasteiger partial charge on any atom is -0.268 e. The van der Waals surface area contributed by atoms with Crippen LogP contribution in [0, 0.1) is 0 Å². The van der Waals surface area contributed by atoms with Crippen molar-refractivity contribution in [2.75, 3.05) is 0 Å². The Morgan fingerprint density at radius 2 is 1.73 bits per heavy atom. The normalized spacial score (nSPS) is 10.0. The molecule has 0 bridgehead atoms. The van der Waals surface area contributed by atoms with Crippen LogP contribution in [0.2, 0.25) is 0 Å². The minimum absolute atomic E-state index is 0.0569. The topological polar surface area (TPSA) is 93.1 Å². The number of hydrogen-bond acceptors (Lipinski definition) is 4. The average Bonchev–Trinajstić information content (AvgIpc) is 2.55. The highest BCUT2D eigenvalue weighted by Gasteiger charge is 2.11. The molecule has 2 rings (SSSR count). The van der Waals surface area contributed by atoms with Crippen molar-refractivity contribution in [1.82, 2.24) is 20.6 Å². The lowest BCUT2D eigenvalue weighted by Crippen LogP contribution is -2.42. The van der Waals surface area contributed by atoms with E-state index in [-0.39, 0.29) is 11.3 Å². The van der Waals surface area contributed by atoms with Crippen LogP contribution in [0.3, 0.4) is 0 Å². The lowest BCUT2D eigenvalue weighted by atomic mass is 10.2. The molecule has 0 aliphatic heterocycles. The molecule has 0 saturated heterocycles. The first kappa shape index (κ1) is 15.4. The summed E-state index contributed by atoms with van der Waals surface area (Å²) in [6, 6.07) is 11.1. The van der Waals surface area contributed by atoms with Gasteiger partial charge in [-0.2, -0.15) is 5.10 Å². The van der Waals surface area contributed by atoms with Gasteiger partial charge in [-0.15, -0.1) is 0 Å². The van der Waals surface area contributed by atoms with Crippen molar-refractivity contribution in [2.24, 2.45) is 0 Å². The number of nitrogens with zero attached hydrogens (tertiary/aromatic N) is 2. The molecule has 1 aromatic carbocycles. The highest BCUT2D eigenvalue weighted by Crippen LogP contribution is 1.97. The van der Waals surface area contributed by atoms with E-state index in [1.54, 1.807) is 30.3 Å². The number of hydrazine groups is 1. The van der Waals surface area contributed by atoms with Gasteiger partial charge in [-0.1, -0.05) is 25.1 Å². The first-order valence-electron chi connectivity index (χ1n) is 6.85. The average molecular weight is 300 g/mol. The molecule has 0 atom stereocenters. The second-order valence-corrected chi connectivity index (χ2v) is 4.55. The van der Waals surface area contributed by atoms with Gasteiger partial charge in [0.15, 0.2) is 5.69 Å². The molecule has 114 valence electrons. The van der Waals surface area contributed by atoms with E-state index in [0.717, 1.165) is 6.42 Å². The number of aryl methyl sites for hydroxylation is 1. The Balaban J connectivity index is 2.02. The molecule has 1 heterocycles. The number of hydrogen-bond donors (Lipinski definition) is 2. The Hall–Kier alpha value is -2.96. The third-order valence-corrected chi connectivity index (χ3v) is 2.86. The van der Waals surface area contributed by atoms with Gasteiger partial charge in [-0.3, -0.25) is 25.2 Å². The second-order valence-electron chi connectivity index (χ2n) is 4.55. The zero-order valence-corrected chi connectivity index (χ0v) is 12.1. The molecule has 0 aliphatic carbocycles. The molecule has 2 N–H and O–H groups in total. The van der Waals surface area contributed by atoms with E-state index in [4.69, 9.17) is 0 Å². The summed E-state index contributed by atoms with van der Waals surface area (Å²) in [5, 5.41) is 3.95. The van der Waals surface area contributed by atoms with Gasteiger partial charge < -0.3 is 0 Å². The quantitative estimate of drug-likeness (QED) is 0.814. The summed E-state index contributed by atoms with van der Waals surface area (Å²) in [6.07, 6.45) is 0.725. The maximum atomic E-state index is 11.9. The van der Waals surface area contributed by atoms with Crippen molar-refractivity contribution in [3.05, 3.63) is 64.1 Å². The second kappa shape index (κ2) is 7.16. The van der Waals surface area contributed by atoms with Crippen LogP contribution in [0.25, 0.3) is 0 Å². The molecular formula is C15H16N4O3. The van der Waals surface area contributed by atoms with Crippen LogP contribution in [0.15, 0.2) is 47.3 Å². The van der Waals surface area contributed by atoms with E-state index < -0.39 is 11.8 Å². The monoisotopic (exact) mass is 300 g/mol. The third kappa shape index (κ3) is 3.78. The fourth-order valence-electron chi connectivity index (χ4n) is 1.78. The Morgan fingerprint density at radius 3 is 2.41 bits per heavy atom. The van der Waals surface area contributed by atoms with Gasteiger partial charge in [0.25, 0.3) is 17.4 Å². The predicted octanol–water partition coefficient (Wildman–Crippen LogP) is 0.728. The van der Waals surface area contributed by atoms with Crippen LogP contribution in [0.1, 0.15) is 34.2 Å². The molecule has 0 spiro atoms. The van der Waals surface area contributed by atoms with Gasteiger partial charge >= 0.3 is 0 Å². The SMILES string of the molecule is CCCn1nc(C(=O)NNC(=O)c2ccccc2)ccc1=O. The van der Waals surface area contributed by atoms with E-state index in [0.29, 0.717) is 12.1 Å². The van der Waals surface area contributed by atoms with Gasteiger partial charge in [0.1, 0.15) is 0 Å². The van der Waals surface area contributed by atoms with E-state index >= 15 is 0 Å². The minimum atomic E-state index is -0.589. The predicted molar refractivity (Wildman–Crippen MR) is 80.2 cm³/mol. The maximum Gasteiger partial charge on any atom is 0.290 e. The maximum absolute atomic E-state index is 11.9. The first-order valence-corrected chi connectivity index (χ1v) is 6.85. The van der Waals surface area contributed by atoms with Gasteiger partial charge in [0.05, 0.1) is 0 Å². The molecule has 0 fully saturated rings. The smallest absolute Gasteiger partial charge is 0.268 e. The molecule has 2 aromatic rings. The van der Waals surface area contributed by atoms with Gasteiger partial charge in [0, 0.05) is 18.2 Å². The molecule has 0 radical (unpaired) electrons. The van der Waals surface area contributed by atoms with E-state index in [2.05, 4.69) is 16.0 Å². The fourth-order valence-corrected chi connectivity index (χ4v) is 1.78. The lowest BCUT2D eigenvalue weighted by molar-refractivity contribution is 0.0842. The number of rotatable bonds is 4. The number of aromatic nitrogens is 2.